The Balaban J connectivity index is 2.71. The maximum absolute atomic E-state index is 10.9. The minimum Gasteiger partial charge on any atom is -0.480 e. The minimum absolute atomic E-state index is 0.121. The molecule has 1 aromatic rings. The highest BCUT2D eigenvalue weighted by atomic mass is 16.4. The summed E-state index contributed by atoms with van der Waals surface area (Å²) in [7, 11) is 0. The molecule has 0 saturated carbocycles. The summed E-state index contributed by atoms with van der Waals surface area (Å²) in [5, 5.41) is 11.9. The maximum atomic E-state index is 10.9. The van der Waals surface area contributed by atoms with E-state index in [0.717, 1.165) is 11.5 Å². The maximum Gasteiger partial charge on any atom is 0.323 e. The second-order valence-corrected chi connectivity index (χ2v) is 4.24. The summed E-state index contributed by atoms with van der Waals surface area (Å²) >= 11 is 0. The van der Waals surface area contributed by atoms with Crippen molar-refractivity contribution in [1.82, 2.24) is 5.32 Å². The first-order valence-corrected chi connectivity index (χ1v) is 4.90. The van der Waals surface area contributed by atoms with Gasteiger partial charge in [-0.25, -0.2) is 0 Å². The number of furan rings is 1. The van der Waals surface area contributed by atoms with Crippen LogP contribution in [-0.2, 0) is 4.79 Å². The molecule has 1 aromatic heterocycles. The molecule has 0 aliphatic carbocycles. The van der Waals surface area contributed by atoms with Crippen LogP contribution in [0.3, 0.4) is 0 Å². The van der Waals surface area contributed by atoms with E-state index in [1.54, 1.807) is 13.8 Å². The quantitative estimate of drug-likeness (QED) is 0.800. The van der Waals surface area contributed by atoms with E-state index in [4.69, 9.17) is 9.52 Å². The smallest absolute Gasteiger partial charge is 0.323 e. The topological polar surface area (TPSA) is 62.5 Å². The van der Waals surface area contributed by atoms with E-state index in [0.29, 0.717) is 0 Å². The Morgan fingerprint density at radius 1 is 1.53 bits per heavy atom. The van der Waals surface area contributed by atoms with Gasteiger partial charge in [-0.15, -0.1) is 0 Å². The Morgan fingerprint density at radius 2 is 2.13 bits per heavy atom. The van der Waals surface area contributed by atoms with Gasteiger partial charge in [-0.3, -0.25) is 10.1 Å². The third kappa shape index (κ3) is 2.83. The van der Waals surface area contributed by atoms with Crippen LogP contribution in [0.1, 0.15) is 38.3 Å². The van der Waals surface area contributed by atoms with Gasteiger partial charge in [-0.1, -0.05) is 0 Å². The number of hydrogen-bond donors (Lipinski definition) is 2. The first-order chi connectivity index (χ1) is 6.83. The highest BCUT2D eigenvalue weighted by Gasteiger charge is 2.29. The number of aliphatic carboxylic acids is 1. The van der Waals surface area contributed by atoms with Gasteiger partial charge >= 0.3 is 5.97 Å². The molecular formula is C11H17NO3. The van der Waals surface area contributed by atoms with Gasteiger partial charge in [0.1, 0.15) is 17.1 Å². The number of rotatable bonds is 4. The summed E-state index contributed by atoms with van der Waals surface area (Å²) in [6, 6.07) is 3.59. The van der Waals surface area contributed by atoms with Crippen molar-refractivity contribution in [2.75, 3.05) is 0 Å². The van der Waals surface area contributed by atoms with Gasteiger partial charge in [0.2, 0.25) is 0 Å². The van der Waals surface area contributed by atoms with Gasteiger partial charge in [0.25, 0.3) is 0 Å². The van der Waals surface area contributed by atoms with Crippen molar-refractivity contribution in [3.63, 3.8) is 0 Å². The molecule has 0 spiro atoms. The van der Waals surface area contributed by atoms with Gasteiger partial charge < -0.3 is 9.52 Å². The van der Waals surface area contributed by atoms with Crippen LogP contribution >= 0.6 is 0 Å². The lowest BCUT2D eigenvalue weighted by Crippen LogP contribution is -2.47. The SMILES string of the molecule is Cc1ccc(C(C)NC(C)(C)C(=O)O)o1. The minimum atomic E-state index is -0.958. The van der Waals surface area contributed by atoms with Crippen molar-refractivity contribution in [2.24, 2.45) is 0 Å². The zero-order valence-corrected chi connectivity index (χ0v) is 9.50. The zero-order valence-electron chi connectivity index (χ0n) is 9.50. The number of hydrogen-bond acceptors (Lipinski definition) is 3. The van der Waals surface area contributed by atoms with Crippen LogP contribution in [0.15, 0.2) is 16.5 Å². The number of nitrogens with one attached hydrogen (secondary N) is 1. The molecule has 1 atom stereocenters. The van der Waals surface area contributed by atoms with E-state index >= 15 is 0 Å². The van der Waals surface area contributed by atoms with Crippen molar-refractivity contribution in [2.45, 2.75) is 39.3 Å². The van der Waals surface area contributed by atoms with Gasteiger partial charge in [0.05, 0.1) is 6.04 Å². The van der Waals surface area contributed by atoms with E-state index in [-0.39, 0.29) is 6.04 Å². The van der Waals surface area contributed by atoms with E-state index in [2.05, 4.69) is 5.32 Å². The average Bonchev–Trinajstić information content (AvgIpc) is 2.50. The number of carbonyl (C=O) groups is 1. The third-order valence-electron chi connectivity index (χ3n) is 2.30. The number of aryl methyl sites for hydroxylation is 1. The molecule has 1 rings (SSSR count). The second-order valence-electron chi connectivity index (χ2n) is 4.24. The normalized spacial score (nSPS) is 13.9. The molecule has 15 heavy (non-hydrogen) atoms. The number of carboxylic acid groups (broad SMARTS) is 1. The Labute approximate surface area is 89.3 Å². The molecule has 1 heterocycles. The standard InChI is InChI=1S/C11H17NO3/c1-7-5-6-9(15-7)8(2)12-11(3,4)10(13)14/h5-6,8,12H,1-4H3,(H,13,14). The molecule has 4 nitrogen and oxygen atoms in total. The molecule has 0 aromatic carbocycles. The van der Waals surface area contributed by atoms with E-state index in [9.17, 15) is 4.79 Å². The van der Waals surface area contributed by atoms with Crippen molar-refractivity contribution in [3.05, 3.63) is 23.7 Å². The van der Waals surface area contributed by atoms with Crippen LogP contribution in [0.4, 0.5) is 0 Å². The summed E-state index contributed by atoms with van der Waals surface area (Å²) in [6.45, 7) is 6.99. The first kappa shape index (κ1) is 11.8. The number of carboxylic acids is 1. The molecule has 2 N–H and O–H groups in total. The van der Waals surface area contributed by atoms with Crippen molar-refractivity contribution in [1.29, 1.82) is 0 Å². The molecule has 84 valence electrons. The van der Waals surface area contributed by atoms with Gasteiger partial charge in [-0.2, -0.15) is 0 Å². The molecular weight excluding hydrogens is 194 g/mol. The molecule has 0 radical (unpaired) electrons. The molecule has 0 fully saturated rings. The zero-order chi connectivity index (χ0) is 11.6. The predicted molar refractivity (Wildman–Crippen MR) is 56.7 cm³/mol. The Kier molecular flexibility index (Phi) is 3.19. The molecule has 0 aliphatic rings. The largest absolute Gasteiger partial charge is 0.480 e. The fourth-order valence-electron chi connectivity index (χ4n) is 1.36. The summed E-state index contributed by atoms with van der Waals surface area (Å²) in [5.74, 6) is 0.700. The van der Waals surface area contributed by atoms with E-state index < -0.39 is 11.5 Å². The van der Waals surface area contributed by atoms with Crippen molar-refractivity contribution < 1.29 is 14.3 Å². The lowest BCUT2D eigenvalue weighted by atomic mass is 10.0. The van der Waals surface area contributed by atoms with Crippen molar-refractivity contribution >= 4 is 5.97 Å². The van der Waals surface area contributed by atoms with Gasteiger partial charge in [-0.05, 0) is 39.8 Å². The van der Waals surface area contributed by atoms with Crippen LogP contribution in [0.2, 0.25) is 0 Å². The van der Waals surface area contributed by atoms with Crippen LogP contribution in [0, 0.1) is 6.92 Å². The summed E-state index contributed by atoms with van der Waals surface area (Å²) in [5.41, 5.74) is -0.958. The lowest BCUT2D eigenvalue weighted by Gasteiger charge is -2.24. The highest BCUT2D eigenvalue weighted by Crippen LogP contribution is 2.18. The fourth-order valence-corrected chi connectivity index (χ4v) is 1.36. The highest BCUT2D eigenvalue weighted by molar-refractivity contribution is 5.77. The molecule has 4 heteroatoms. The monoisotopic (exact) mass is 211 g/mol. The van der Waals surface area contributed by atoms with Crippen LogP contribution < -0.4 is 5.32 Å². The second kappa shape index (κ2) is 4.06. The molecule has 0 saturated heterocycles. The lowest BCUT2D eigenvalue weighted by molar-refractivity contribution is -0.143. The summed E-state index contributed by atoms with van der Waals surface area (Å²) in [4.78, 5) is 10.9. The van der Waals surface area contributed by atoms with Crippen LogP contribution in [-0.4, -0.2) is 16.6 Å². The van der Waals surface area contributed by atoms with E-state index in [1.165, 1.54) is 0 Å². The Morgan fingerprint density at radius 3 is 2.53 bits per heavy atom. The molecule has 1 unspecified atom stereocenters. The van der Waals surface area contributed by atoms with Gasteiger partial charge in [0.15, 0.2) is 0 Å². The third-order valence-corrected chi connectivity index (χ3v) is 2.30. The summed E-state index contributed by atoms with van der Waals surface area (Å²) < 4.78 is 5.42. The predicted octanol–water partition coefficient (Wildman–Crippen LogP) is 2.10. The van der Waals surface area contributed by atoms with Gasteiger partial charge in [0, 0.05) is 0 Å². The Hall–Kier alpha value is -1.29. The van der Waals surface area contributed by atoms with E-state index in [1.807, 2.05) is 26.0 Å². The summed E-state index contributed by atoms with van der Waals surface area (Å²) in [6.07, 6.45) is 0. The molecule has 0 aliphatic heterocycles. The average molecular weight is 211 g/mol. The molecule has 0 bridgehead atoms. The van der Waals surface area contributed by atoms with Crippen molar-refractivity contribution in [3.8, 4) is 0 Å². The fraction of sp³-hybridized carbons (Fsp3) is 0.545. The van der Waals surface area contributed by atoms with Crippen LogP contribution in [0.5, 0.6) is 0 Å². The first-order valence-electron chi connectivity index (χ1n) is 4.90. The Bertz CT molecular complexity index is 354. The van der Waals surface area contributed by atoms with Crippen LogP contribution in [0.25, 0.3) is 0 Å². The molecule has 0 amide bonds.